The molecule has 1 aromatic heterocycles. The minimum Gasteiger partial charge on any atom is -0.377 e. The van der Waals surface area contributed by atoms with Crippen molar-refractivity contribution in [3.05, 3.63) is 21.6 Å². The molecule has 1 aliphatic rings. The number of nitrogens with zero attached hydrogens (tertiary/aromatic N) is 2. The van der Waals surface area contributed by atoms with Crippen molar-refractivity contribution in [2.45, 2.75) is 32.4 Å². The number of anilines is 1. The maximum Gasteiger partial charge on any atom is 0.287 e. The fourth-order valence-corrected chi connectivity index (χ4v) is 2.03. The summed E-state index contributed by atoms with van der Waals surface area (Å²) < 4.78 is 1.32. The van der Waals surface area contributed by atoms with Crippen LogP contribution in [-0.2, 0) is 4.79 Å². The molecular formula is C11H15ClN4O2. The molecule has 1 aromatic rings. The SMILES string of the molecule is CC(C)n1ncc(NC2CNC(=O)C2)c(Cl)c1=O. The van der Waals surface area contributed by atoms with Crippen molar-refractivity contribution in [3.8, 4) is 0 Å². The first-order chi connectivity index (χ1) is 8.49. The summed E-state index contributed by atoms with van der Waals surface area (Å²) in [7, 11) is 0. The topological polar surface area (TPSA) is 76.0 Å². The first kappa shape index (κ1) is 12.9. The lowest BCUT2D eigenvalue weighted by atomic mass is 10.2. The van der Waals surface area contributed by atoms with Crippen molar-refractivity contribution in [1.82, 2.24) is 15.1 Å². The third-order valence-electron chi connectivity index (χ3n) is 2.77. The Labute approximate surface area is 109 Å². The van der Waals surface area contributed by atoms with Crippen LogP contribution in [0.2, 0.25) is 5.02 Å². The molecule has 0 aliphatic carbocycles. The zero-order valence-electron chi connectivity index (χ0n) is 10.2. The lowest BCUT2D eigenvalue weighted by Crippen LogP contribution is -2.28. The van der Waals surface area contributed by atoms with Gasteiger partial charge in [0.05, 0.1) is 24.0 Å². The first-order valence-electron chi connectivity index (χ1n) is 5.79. The van der Waals surface area contributed by atoms with Gasteiger partial charge in [0.25, 0.3) is 5.56 Å². The Balaban J connectivity index is 2.22. The summed E-state index contributed by atoms with van der Waals surface area (Å²) in [6, 6.07) is -0.0927. The molecule has 0 spiro atoms. The summed E-state index contributed by atoms with van der Waals surface area (Å²) in [5.74, 6) is -0.00731. The van der Waals surface area contributed by atoms with E-state index >= 15 is 0 Å². The van der Waals surface area contributed by atoms with E-state index in [2.05, 4.69) is 15.7 Å². The molecule has 7 heteroatoms. The van der Waals surface area contributed by atoms with Crippen LogP contribution in [-0.4, -0.2) is 28.3 Å². The normalized spacial score (nSPS) is 19.1. The van der Waals surface area contributed by atoms with E-state index in [1.54, 1.807) is 0 Å². The highest BCUT2D eigenvalue weighted by Gasteiger charge is 2.22. The Bertz CT molecular complexity index is 526. The van der Waals surface area contributed by atoms with E-state index in [9.17, 15) is 9.59 Å². The van der Waals surface area contributed by atoms with Crippen molar-refractivity contribution in [3.63, 3.8) is 0 Å². The second-order valence-corrected chi connectivity index (χ2v) is 4.94. The highest BCUT2D eigenvalue weighted by molar-refractivity contribution is 6.32. The lowest BCUT2D eigenvalue weighted by Gasteiger charge is -2.15. The van der Waals surface area contributed by atoms with Crippen molar-refractivity contribution >= 4 is 23.2 Å². The van der Waals surface area contributed by atoms with Gasteiger partial charge in [-0.2, -0.15) is 5.10 Å². The van der Waals surface area contributed by atoms with Crippen LogP contribution >= 0.6 is 11.6 Å². The molecule has 1 unspecified atom stereocenters. The standard InChI is InChI=1S/C11H15ClN4O2/c1-6(2)16-11(18)10(12)8(5-14-16)15-7-3-9(17)13-4-7/h5-7,15H,3-4H2,1-2H3,(H,13,17). The number of hydrogen-bond acceptors (Lipinski definition) is 4. The van der Waals surface area contributed by atoms with Crippen LogP contribution in [0.5, 0.6) is 0 Å². The molecule has 2 N–H and O–H groups in total. The molecule has 6 nitrogen and oxygen atoms in total. The quantitative estimate of drug-likeness (QED) is 0.851. The molecule has 18 heavy (non-hydrogen) atoms. The molecule has 2 heterocycles. The van der Waals surface area contributed by atoms with Crippen molar-refractivity contribution < 1.29 is 4.79 Å². The Morgan fingerprint density at radius 1 is 1.56 bits per heavy atom. The fourth-order valence-electron chi connectivity index (χ4n) is 1.84. The molecule has 1 fully saturated rings. The van der Waals surface area contributed by atoms with Crippen molar-refractivity contribution in [2.24, 2.45) is 0 Å². The van der Waals surface area contributed by atoms with E-state index in [0.29, 0.717) is 18.7 Å². The predicted molar refractivity (Wildman–Crippen MR) is 68.9 cm³/mol. The monoisotopic (exact) mass is 270 g/mol. The zero-order valence-corrected chi connectivity index (χ0v) is 11.0. The van der Waals surface area contributed by atoms with Gasteiger partial charge in [0.2, 0.25) is 5.91 Å². The number of amides is 1. The number of nitrogens with one attached hydrogen (secondary N) is 2. The smallest absolute Gasteiger partial charge is 0.287 e. The molecule has 0 bridgehead atoms. The number of carbonyl (C=O) groups excluding carboxylic acids is 1. The van der Waals surface area contributed by atoms with Crippen LogP contribution in [0.1, 0.15) is 26.3 Å². The summed E-state index contributed by atoms with van der Waals surface area (Å²) >= 11 is 6.02. The number of carbonyl (C=O) groups is 1. The van der Waals surface area contributed by atoms with Gasteiger partial charge in [-0.1, -0.05) is 11.6 Å². The average molecular weight is 271 g/mol. The molecule has 98 valence electrons. The molecule has 0 aromatic carbocycles. The molecular weight excluding hydrogens is 256 g/mol. The van der Waals surface area contributed by atoms with Crippen LogP contribution in [0.3, 0.4) is 0 Å². The zero-order chi connectivity index (χ0) is 13.3. The molecule has 2 rings (SSSR count). The van der Waals surface area contributed by atoms with Crippen LogP contribution in [0.4, 0.5) is 5.69 Å². The summed E-state index contributed by atoms with van der Waals surface area (Å²) in [6.45, 7) is 4.25. The molecule has 0 radical (unpaired) electrons. The van der Waals surface area contributed by atoms with E-state index in [0.717, 1.165) is 0 Å². The maximum atomic E-state index is 11.9. The van der Waals surface area contributed by atoms with Gasteiger partial charge in [0, 0.05) is 13.0 Å². The van der Waals surface area contributed by atoms with Gasteiger partial charge in [-0.15, -0.1) is 0 Å². The second-order valence-electron chi connectivity index (χ2n) is 4.57. The number of halogens is 1. The van der Waals surface area contributed by atoms with Gasteiger partial charge in [-0.25, -0.2) is 4.68 Å². The Morgan fingerprint density at radius 2 is 2.28 bits per heavy atom. The highest BCUT2D eigenvalue weighted by atomic mass is 35.5. The van der Waals surface area contributed by atoms with E-state index < -0.39 is 0 Å². The fraction of sp³-hybridized carbons (Fsp3) is 0.545. The first-order valence-corrected chi connectivity index (χ1v) is 6.17. The van der Waals surface area contributed by atoms with E-state index in [4.69, 9.17) is 11.6 Å². The molecule has 1 saturated heterocycles. The van der Waals surface area contributed by atoms with Gasteiger partial charge in [-0.05, 0) is 13.8 Å². The Kier molecular flexibility index (Phi) is 3.56. The predicted octanol–water partition coefficient (Wildman–Crippen LogP) is 0.778. The number of rotatable bonds is 3. The Hall–Kier alpha value is -1.56. The molecule has 1 atom stereocenters. The van der Waals surface area contributed by atoms with Crippen LogP contribution in [0.15, 0.2) is 11.0 Å². The van der Waals surface area contributed by atoms with E-state index in [1.165, 1.54) is 10.9 Å². The molecule has 0 saturated carbocycles. The van der Waals surface area contributed by atoms with Crippen molar-refractivity contribution in [2.75, 3.05) is 11.9 Å². The molecule has 1 amide bonds. The summed E-state index contributed by atoms with van der Waals surface area (Å²) in [5, 5.41) is 9.92. The molecule has 1 aliphatic heterocycles. The lowest BCUT2D eigenvalue weighted by molar-refractivity contribution is -0.119. The minimum atomic E-state index is -0.325. The van der Waals surface area contributed by atoms with Crippen molar-refractivity contribution in [1.29, 1.82) is 0 Å². The summed E-state index contributed by atoms with van der Waals surface area (Å²) in [4.78, 5) is 23.0. The summed E-state index contributed by atoms with van der Waals surface area (Å²) in [5.41, 5.74) is 0.147. The van der Waals surface area contributed by atoms with E-state index in [1.807, 2.05) is 13.8 Å². The van der Waals surface area contributed by atoms with Crippen LogP contribution in [0.25, 0.3) is 0 Å². The van der Waals surface area contributed by atoms with Gasteiger partial charge in [-0.3, -0.25) is 9.59 Å². The highest BCUT2D eigenvalue weighted by Crippen LogP contribution is 2.19. The minimum absolute atomic E-state index is 0.00731. The second kappa shape index (κ2) is 4.97. The van der Waals surface area contributed by atoms with Gasteiger partial charge >= 0.3 is 0 Å². The van der Waals surface area contributed by atoms with E-state index in [-0.39, 0.29) is 28.6 Å². The largest absolute Gasteiger partial charge is 0.377 e. The average Bonchev–Trinajstić information content (AvgIpc) is 2.70. The Morgan fingerprint density at radius 3 is 2.83 bits per heavy atom. The number of aromatic nitrogens is 2. The summed E-state index contributed by atoms with van der Waals surface area (Å²) in [6.07, 6.45) is 1.90. The van der Waals surface area contributed by atoms with Crippen LogP contribution in [0, 0.1) is 0 Å². The van der Waals surface area contributed by atoms with Gasteiger partial charge < -0.3 is 10.6 Å². The van der Waals surface area contributed by atoms with Gasteiger partial charge in [0.15, 0.2) is 0 Å². The van der Waals surface area contributed by atoms with Crippen LogP contribution < -0.4 is 16.2 Å². The third-order valence-corrected chi connectivity index (χ3v) is 3.14. The number of hydrogen-bond donors (Lipinski definition) is 2. The van der Waals surface area contributed by atoms with Gasteiger partial charge in [0.1, 0.15) is 5.02 Å². The third kappa shape index (κ3) is 2.48. The maximum absolute atomic E-state index is 11.9.